The van der Waals surface area contributed by atoms with E-state index in [2.05, 4.69) is 0 Å². The summed E-state index contributed by atoms with van der Waals surface area (Å²) in [4.78, 5) is 0. The summed E-state index contributed by atoms with van der Waals surface area (Å²) in [5, 5.41) is 17.9. The molecule has 9 heavy (non-hydrogen) atoms. The molecule has 0 saturated carbocycles. The van der Waals surface area contributed by atoms with Crippen molar-refractivity contribution in [3.8, 4) is 0 Å². The fourth-order valence-electron chi connectivity index (χ4n) is 0.881. The topological polar surface area (TPSA) is 49.7 Å². The van der Waals surface area contributed by atoms with Crippen LogP contribution in [0.4, 0.5) is 0 Å². The van der Waals surface area contributed by atoms with Crippen molar-refractivity contribution in [2.45, 2.75) is 25.7 Å². The van der Waals surface area contributed by atoms with Gasteiger partial charge in [-0.15, -0.1) is 0 Å². The normalized spacial score (nSPS) is 45.0. The largest absolute Gasteiger partial charge is 0.393 e. The molecule has 0 aromatic heterocycles. The minimum atomic E-state index is -0.754. The Balaban J connectivity index is 2.35. The standard InChI is InChI=1S/C6H12O3/c1-4-3-9-6(8)2-5(4)7/h4-8H,2-3H2,1H3/t4-,5-,6?/m0/s1. The molecule has 1 aliphatic rings. The van der Waals surface area contributed by atoms with Crippen LogP contribution < -0.4 is 0 Å². The molecule has 3 atom stereocenters. The highest BCUT2D eigenvalue weighted by Crippen LogP contribution is 2.16. The minimum Gasteiger partial charge on any atom is -0.393 e. The maximum absolute atomic E-state index is 9.11. The van der Waals surface area contributed by atoms with Gasteiger partial charge in [-0.3, -0.25) is 0 Å². The predicted molar refractivity (Wildman–Crippen MR) is 31.7 cm³/mol. The average molecular weight is 132 g/mol. The molecule has 0 aliphatic carbocycles. The molecule has 2 N–H and O–H groups in total. The molecule has 3 heteroatoms. The Kier molecular flexibility index (Phi) is 2.05. The molecule has 0 aromatic rings. The van der Waals surface area contributed by atoms with Crippen LogP contribution in [0.3, 0.4) is 0 Å². The third-order valence-electron chi connectivity index (χ3n) is 1.65. The zero-order valence-corrected chi connectivity index (χ0v) is 5.45. The zero-order valence-electron chi connectivity index (χ0n) is 5.45. The lowest BCUT2D eigenvalue weighted by Crippen LogP contribution is -2.35. The van der Waals surface area contributed by atoms with Gasteiger partial charge in [0, 0.05) is 12.3 Å². The van der Waals surface area contributed by atoms with E-state index >= 15 is 0 Å². The van der Waals surface area contributed by atoms with Crippen molar-refractivity contribution >= 4 is 0 Å². The predicted octanol–water partition coefficient (Wildman–Crippen LogP) is -0.278. The summed E-state index contributed by atoms with van der Waals surface area (Å²) in [7, 11) is 0. The Morgan fingerprint density at radius 3 is 2.56 bits per heavy atom. The van der Waals surface area contributed by atoms with Crippen molar-refractivity contribution in [3.63, 3.8) is 0 Å². The summed E-state index contributed by atoms with van der Waals surface area (Å²) in [6.07, 6.45) is -0.800. The van der Waals surface area contributed by atoms with Crippen LogP contribution in [0, 0.1) is 5.92 Å². The first kappa shape index (κ1) is 6.99. The summed E-state index contributed by atoms with van der Waals surface area (Å²) in [5.74, 6) is 0.161. The van der Waals surface area contributed by atoms with Crippen LogP contribution in [0.1, 0.15) is 13.3 Å². The van der Waals surface area contributed by atoms with Crippen LogP contribution in [-0.2, 0) is 4.74 Å². The van der Waals surface area contributed by atoms with Crippen LogP contribution in [0.25, 0.3) is 0 Å². The van der Waals surface area contributed by atoms with Crippen molar-refractivity contribution < 1.29 is 14.9 Å². The summed E-state index contributed by atoms with van der Waals surface area (Å²) in [5.41, 5.74) is 0. The number of hydrogen-bond donors (Lipinski definition) is 2. The average Bonchev–Trinajstić information content (AvgIpc) is 1.80. The van der Waals surface area contributed by atoms with E-state index in [0.29, 0.717) is 13.0 Å². The van der Waals surface area contributed by atoms with Gasteiger partial charge in [-0.05, 0) is 0 Å². The Morgan fingerprint density at radius 1 is 1.44 bits per heavy atom. The molecule has 0 aromatic carbocycles. The van der Waals surface area contributed by atoms with Crippen molar-refractivity contribution in [2.24, 2.45) is 5.92 Å². The molecular weight excluding hydrogens is 120 g/mol. The van der Waals surface area contributed by atoms with E-state index in [-0.39, 0.29) is 5.92 Å². The lowest BCUT2D eigenvalue weighted by atomic mass is 10.0. The van der Waals surface area contributed by atoms with Gasteiger partial charge in [-0.1, -0.05) is 6.92 Å². The molecule has 1 rings (SSSR count). The number of hydrogen-bond acceptors (Lipinski definition) is 3. The molecule has 3 nitrogen and oxygen atoms in total. The molecule has 1 saturated heterocycles. The van der Waals surface area contributed by atoms with Crippen molar-refractivity contribution in [2.75, 3.05) is 6.61 Å². The molecule has 54 valence electrons. The third kappa shape index (κ3) is 1.64. The van der Waals surface area contributed by atoms with Gasteiger partial charge in [0.05, 0.1) is 12.7 Å². The van der Waals surface area contributed by atoms with Crippen molar-refractivity contribution in [1.82, 2.24) is 0 Å². The molecular formula is C6H12O3. The van der Waals surface area contributed by atoms with Crippen LogP contribution in [-0.4, -0.2) is 29.2 Å². The van der Waals surface area contributed by atoms with Gasteiger partial charge < -0.3 is 14.9 Å². The molecule has 0 bridgehead atoms. The van der Waals surface area contributed by atoms with E-state index in [4.69, 9.17) is 14.9 Å². The second-order valence-corrected chi connectivity index (χ2v) is 2.57. The highest BCUT2D eigenvalue weighted by atomic mass is 16.6. The molecule has 1 unspecified atom stereocenters. The van der Waals surface area contributed by atoms with E-state index in [1.165, 1.54) is 0 Å². The minimum absolute atomic E-state index is 0.161. The molecule has 0 spiro atoms. The van der Waals surface area contributed by atoms with E-state index in [9.17, 15) is 0 Å². The second-order valence-electron chi connectivity index (χ2n) is 2.57. The third-order valence-corrected chi connectivity index (χ3v) is 1.65. The maximum atomic E-state index is 9.11. The fourth-order valence-corrected chi connectivity index (χ4v) is 0.881. The number of aliphatic hydroxyl groups excluding tert-OH is 2. The zero-order chi connectivity index (χ0) is 6.85. The molecule has 1 aliphatic heterocycles. The highest BCUT2D eigenvalue weighted by molar-refractivity contribution is 4.69. The first-order chi connectivity index (χ1) is 4.20. The summed E-state index contributed by atoms with van der Waals surface area (Å²) in [6.45, 7) is 2.36. The van der Waals surface area contributed by atoms with Gasteiger partial charge in [0.2, 0.25) is 0 Å². The summed E-state index contributed by atoms with van der Waals surface area (Å²) in [6, 6.07) is 0. The first-order valence-electron chi connectivity index (χ1n) is 3.18. The lowest BCUT2D eigenvalue weighted by molar-refractivity contribution is -0.172. The lowest BCUT2D eigenvalue weighted by Gasteiger charge is -2.27. The molecule has 0 radical (unpaired) electrons. The summed E-state index contributed by atoms with van der Waals surface area (Å²) < 4.78 is 4.86. The SMILES string of the molecule is C[C@H]1COC(O)C[C@@H]1O. The van der Waals surface area contributed by atoms with E-state index < -0.39 is 12.4 Å². The monoisotopic (exact) mass is 132 g/mol. The van der Waals surface area contributed by atoms with E-state index in [0.717, 1.165) is 0 Å². The number of ether oxygens (including phenoxy) is 1. The quantitative estimate of drug-likeness (QED) is 0.476. The van der Waals surface area contributed by atoms with Gasteiger partial charge in [0.1, 0.15) is 0 Å². The van der Waals surface area contributed by atoms with Crippen LogP contribution in [0.15, 0.2) is 0 Å². The Labute approximate surface area is 54.3 Å². The number of aliphatic hydroxyl groups is 2. The van der Waals surface area contributed by atoms with Gasteiger partial charge in [-0.2, -0.15) is 0 Å². The number of rotatable bonds is 0. The maximum Gasteiger partial charge on any atom is 0.157 e. The van der Waals surface area contributed by atoms with E-state index in [1.807, 2.05) is 6.92 Å². The van der Waals surface area contributed by atoms with E-state index in [1.54, 1.807) is 0 Å². The Morgan fingerprint density at radius 2 is 2.11 bits per heavy atom. The van der Waals surface area contributed by atoms with Gasteiger partial charge in [-0.25, -0.2) is 0 Å². The smallest absolute Gasteiger partial charge is 0.157 e. The molecule has 1 heterocycles. The molecule has 1 fully saturated rings. The van der Waals surface area contributed by atoms with Gasteiger partial charge in [0.25, 0.3) is 0 Å². The van der Waals surface area contributed by atoms with Crippen molar-refractivity contribution in [3.05, 3.63) is 0 Å². The second kappa shape index (κ2) is 2.64. The van der Waals surface area contributed by atoms with Gasteiger partial charge in [0.15, 0.2) is 6.29 Å². The Bertz CT molecular complexity index is 94.3. The first-order valence-corrected chi connectivity index (χ1v) is 3.18. The fraction of sp³-hybridized carbons (Fsp3) is 1.00. The van der Waals surface area contributed by atoms with Crippen LogP contribution in [0.2, 0.25) is 0 Å². The van der Waals surface area contributed by atoms with Gasteiger partial charge >= 0.3 is 0 Å². The molecule has 0 amide bonds. The Hall–Kier alpha value is -0.120. The van der Waals surface area contributed by atoms with Crippen LogP contribution >= 0.6 is 0 Å². The highest BCUT2D eigenvalue weighted by Gasteiger charge is 2.24. The van der Waals surface area contributed by atoms with Crippen molar-refractivity contribution in [1.29, 1.82) is 0 Å². The summed E-state index contributed by atoms with van der Waals surface area (Å²) >= 11 is 0. The van der Waals surface area contributed by atoms with Crippen LogP contribution in [0.5, 0.6) is 0 Å².